The zero-order valence-corrected chi connectivity index (χ0v) is 8.31. The summed E-state index contributed by atoms with van der Waals surface area (Å²) >= 11 is 3.79. The molecule has 0 aliphatic carbocycles. The van der Waals surface area contributed by atoms with E-state index in [1.54, 1.807) is 0 Å². The maximum atomic E-state index is 13.1. The van der Waals surface area contributed by atoms with Gasteiger partial charge in [0.15, 0.2) is 0 Å². The van der Waals surface area contributed by atoms with Crippen LogP contribution in [0.1, 0.15) is 15.9 Å². The number of carboxylic acids is 1. The van der Waals surface area contributed by atoms with E-state index in [2.05, 4.69) is 24.5 Å². The molecule has 0 atom stereocenters. The molecule has 0 heterocycles. The maximum Gasteiger partial charge on any atom is 0.338 e. The van der Waals surface area contributed by atoms with Crippen molar-refractivity contribution < 1.29 is 18.7 Å². The van der Waals surface area contributed by atoms with Gasteiger partial charge in [-0.3, -0.25) is 0 Å². The van der Waals surface area contributed by atoms with Crippen molar-refractivity contribution in [3.63, 3.8) is 0 Å². The molecule has 2 nitrogen and oxygen atoms in total. The first-order chi connectivity index (χ1) is 7.06. The van der Waals surface area contributed by atoms with Crippen LogP contribution in [0.5, 0.6) is 0 Å². The van der Waals surface area contributed by atoms with Crippen molar-refractivity contribution in [2.24, 2.45) is 0 Å². The average Bonchev–Trinajstić information content (AvgIpc) is 2.16. The van der Waals surface area contributed by atoms with Gasteiger partial charge < -0.3 is 5.11 Å². The smallest absolute Gasteiger partial charge is 0.338 e. The Bertz CT molecular complexity index is 460. The third-order valence-electron chi connectivity index (χ3n) is 1.59. The summed E-state index contributed by atoms with van der Waals surface area (Å²) in [4.78, 5) is 10.5. The monoisotopic (exact) mass is 228 g/mol. The lowest BCUT2D eigenvalue weighted by Gasteiger charge is -1.99. The van der Waals surface area contributed by atoms with E-state index in [1.807, 2.05) is 0 Å². The van der Waals surface area contributed by atoms with E-state index < -0.39 is 23.2 Å². The summed E-state index contributed by atoms with van der Waals surface area (Å²) in [6.45, 7) is 0. The van der Waals surface area contributed by atoms with E-state index in [0.29, 0.717) is 6.07 Å². The number of hydrogen-bond acceptors (Lipinski definition) is 2. The molecule has 1 aromatic carbocycles. The minimum atomic E-state index is -1.46. The highest BCUT2D eigenvalue weighted by molar-refractivity contribution is 7.80. The fourth-order valence-electron chi connectivity index (χ4n) is 0.943. The number of thiol groups is 1. The van der Waals surface area contributed by atoms with Gasteiger partial charge in [-0.2, -0.15) is 12.6 Å². The van der Waals surface area contributed by atoms with Crippen molar-refractivity contribution in [3.8, 4) is 11.8 Å². The van der Waals surface area contributed by atoms with Crippen molar-refractivity contribution >= 4 is 18.6 Å². The Kier molecular flexibility index (Phi) is 3.69. The predicted molar refractivity (Wildman–Crippen MR) is 54.0 cm³/mol. The molecule has 1 N–H and O–H groups in total. The molecule has 0 saturated carbocycles. The normalized spacial score (nSPS) is 9.27. The zero-order chi connectivity index (χ0) is 11.4. The molecule has 0 fully saturated rings. The standard InChI is InChI=1S/C10H6F2O2S/c11-8-5-9(12)7(10(13)14)4-6(8)2-1-3-15/h4-5,15H,3H2,(H,13,14). The highest BCUT2D eigenvalue weighted by Gasteiger charge is 2.13. The van der Waals surface area contributed by atoms with Gasteiger partial charge in [0.1, 0.15) is 11.6 Å². The second-order valence-corrected chi connectivity index (χ2v) is 2.89. The summed E-state index contributed by atoms with van der Waals surface area (Å²) in [6.07, 6.45) is 0. The topological polar surface area (TPSA) is 37.3 Å². The molecule has 78 valence electrons. The van der Waals surface area contributed by atoms with E-state index in [4.69, 9.17) is 5.11 Å². The lowest BCUT2D eigenvalue weighted by molar-refractivity contribution is 0.0691. The molecular formula is C10H6F2O2S. The largest absolute Gasteiger partial charge is 0.478 e. The van der Waals surface area contributed by atoms with Crippen molar-refractivity contribution in [1.82, 2.24) is 0 Å². The van der Waals surface area contributed by atoms with E-state index in [9.17, 15) is 13.6 Å². The van der Waals surface area contributed by atoms with Crippen LogP contribution in [0.15, 0.2) is 12.1 Å². The second kappa shape index (κ2) is 4.80. The summed E-state index contributed by atoms with van der Waals surface area (Å²) in [5.74, 6) is 1.56. The minimum absolute atomic E-state index is 0.150. The summed E-state index contributed by atoms with van der Waals surface area (Å²) in [5, 5.41) is 8.58. The van der Waals surface area contributed by atoms with Crippen LogP contribution in [-0.2, 0) is 0 Å². The summed E-state index contributed by atoms with van der Waals surface area (Å²) in [7, 11) is 0. The molecule has 5 heteroatoms. The number of carbonyl (C=O) groups is 1. The molecule has 15 heavy (non-hydrogen) atoms. The Hall–Kier alpha value is -1.54. The summed E-state index contributed by atoms with van der Waals surface area (Å²) in [5.41, 5.74) is -0.747. The second-order valence-electron chi connectivity index (χ2n) is 2.58. The third kappa shape index (κ3) is 2.70. The maximum absolute atomic E-state index is 13.1. The van der Waals surface area contributed by atoms with Crippen LogP contribution < -0.4 is 0 Å². The van der Waals surface area contributed by atoms with Crippen molar-refractivity contribution in [3.05, 3.63) is 34.9 Å². The summed E-state index contributed by atoms with van der Waals surface area (Å²) in [6, 6.07) is 1.37. The van der Waals surface area contributed by atoms with Crippen molar-refractivity contribution in [1.29, 1.82) is 0 Å². The molecule has 0 aliphatic rings. The van der Waals surface area contributed by atoms with Crippen LogP contribution in [0, 0.1) is 23.5 Å². The first kappa shape index (κ1) is 11.5. The van der Waals surface area contributed by atoms with Crippen LogP contribution in [0.3, 0.4) is 0 Å². The molecule has 0 bridgehead atoms. The fourth-order valence-corrected chi connectivity index (χ4v) is 1.02. The first-order valence-electron chi connectivity index (χ1n) is 3.88. The van der Waals surface area contributed by atoms with Crippen molar-refractivity contribution in [2.45, 2.75) is 0 Å². The van der Waals surface area contributed by atoms with Crippen LogP contribution in [0.2, 0.25) is 0 Å². The Labute approximate surface area is 90.3 Å². The highest BCUT2D eigenvalue weighted by atomic mass is 32.1. The van der Waals surface area contributed by atoms with Crippen LogP contribution in [0.25, 0.3) is 0 Å². The molecule has 0 radical (unpaired) electrons. The molecule has 0 unspecified atom stereocenters. The zero-order valence-electron chi connectivity index (χ0n) is 7.42. The van der Waals surface area contributed by atoms with E-state index in [0.717, 1.165) is 6.07 Å². The molecule has 1 rings (SSSR count). The lowest BCUT2D eigenvalue weighted by Crippen LogP contribution is -2.02. The Morgan fingerprint density at radius 3 is 2.60 bits per heavy atom. The minimum Gasteiger partial charge on any atom is -0.478 e. The Morgan fingerprint density at radius 1 is 1.40 bits per heavy atom. The molecule has 0 amide bonds. The van der Waals surface area contributed by atoms with Gasteiger partial charge in [-0.1, -0.05) is 11.8 Å². The Balaban J connectivity index is 3.29. The highest BCUT2D eigenvalue weighted by Crippen LogP contribution is 2.14. The van der Waals surface area contributed by atoms with Crippen molar-refractivity contribution in [2.75, 3.05) is 5.75 Å². The van der Waals surface area contributed by atoms with Gasteiger partial charge in [0, 0.05) is 6.07 Å². The average molecular weight is 228 g/mol. The van der Waals surface area contributed by atoms with E-state index >= 15 is 0 Å². The molecule has 0 aromatic heterocycles. The molecular weight excluding hydrogens is 222 g/mol. The molecule has 0 spiro atoms. The van der Waals surface area contributed by atoms with Gasteiger partial charge in [-0.25, -0.2) is 13.6 Å². The number of hydrogen-bond donors (Lipinski definition) is 2. The lowest BCUT2D eigenvalue weighted by atomic mass is 10.1. The number of carboxylic acid groups (broad SMARTS) is 1. The Morgan fingerprint density at radius 2 is 2.07 bits per heavy atom. The van der Waals surface area contributed by atoms with Gasteiger partial charge in [-0.15, -0.1) is 0 Å². The molecule has 1 aromatic rings. The predicted octanol–water partition coefficient (Wildman–Crippen LogP) is 1.94. The van der Waals surface area contributed by atoms with Gasteiger partial charge in [-0.05, 0) is 6.07 Å². The number of halogens is 2. The van der Waals surface area contributed by atoms with E-state index in [1.165, 1.54) is 0 Å². The molecule has 0 saturated heterocycles. The van der Waals surface area contributed by atoms with Crippen LogP contribution in [0.4, 0.5) is 8.78 Å². The number of rotatable bonds is 1. The fraction of sp³-hybridized carbons (Fsp3) is 0.100. The van der Waals surface area contributed by atoms with Crippen LogP contribution >= 0.6 is 12.6 Å². The SMILES string of the molecule is O=C(O)c1cc(C#CCS)c(F)cc1F. The van der Waals surface area contributed by atoms with Gasteiger partial charge in [0.05, 0.1) is 16.9 Å². The number of aromatic carboxylic acids is 1. The van der Waals surface area contributed by atoms with Crippen LogP contribution in [-0.4, -0.2) is 16.8 Å². The molecule has 0 aliphatic heterocycles. The third-order valence-corrected chi connectivity index (χ3v) is 1.75. The first-order valence-corrected chi connectivity index (χ1v) is 4.51. The van der Waals surface area contributed by atoms with E-state index in [-0.39, 0.29) is 11.3 Å². The quantitative estimate of drug-likeness (QED) is 0.569. The number of benzene rings is 1. The van der Waals surface area contributed by atoms with Gasteiger partial charge in [0.25, 0.3) is 0 Å². The van der Waals surface area contributed by atoms with Gasteiger partial charge >= 0.3 is 5.97 Å². The van der Waals surface area contributed by atoms with Gasteiger partial charge in [0.2, 0.25) is 0 Å². The summed E-state index contributed by atoms with van der Waals surface area (Å²) < 4.78 is 26.0.